The SMILES string of the molecule is O=C(CCc1cccnc1)N1CCC2(CCN(CCN3CCOCC3)C2=O)C1. The first kappa shape index (κ1) is 19.3. The van der Waals surface area contributed by atoms with Crippen molar-refractivity contribution in [2.75, 3.05) is 59.0 Å². The number of carbonyl (C=O) groups is 2. The standard InChI is InChI=1S/C21H30N4O3/c26-19(4-3-18-2-1-7-22-16-18)25-9-6-21(17-25)5-8-24(20(21)27)11-10-23-12-14-28-15-13-23/h1-2,7,16H,3-6,8-15,17H2. The predicted octanol–water partition coefficient (Wildman–Crippen LogP) is 0.797. The number of aromatic nitrogens is 1. The summed E-state index contributed by atoms with van der Waals surface area (Å²) >= 11 is 0. The van der Waals surface area contributed by atoms with Gasteiger partial charge in [-0.05, 0) is 30.9 Å². The Hall–Kier alpha value is -1.99. The van der Waals surface area contributed by atoms with Crippen molar-refractivity contribution in [1.29, 1.82) is 0 Å². The molecule has 2 amide bonds. The summed E-state index contributed by atoms with van der Waals surface area (Å²) in [7, 11) is 0. The van der Waals surface area contributed by atoms with E-state index in [0.717, 1.165) is 64.3 Å². The fourth-order valence-corrected chi connectivity index (χ4v) is 4.61. The van der Waals surface area contributed by atoms with Crippen molar-refractivity contribution in [2.45, 2.75) is 25.7 Å². The van der Waals surface area contributed by atoms with E-state index in [0.29, 0.717) is 25.9 Å². The average Bonchev–Trinajstić information content (AvgIpc) is 3.31. The first-order valence-electron chi connectivity index (χ1n) is 10.4. The van der Waals surface area contributed by atoms with Crippen molar-refractivity contribution in [3.8, 4) is 0 Å². The van der Waals surface area contributed by atoms with Gasteiger partial charge in [0.25, 0.3) is 0 Å². The number of likely N-dealkylation sites (tertiary alicyclic amines) is 2. The van der Waals surface area contributed by atoms with E-state index < -0.39 is 0 Å². The smallest absolute Gasteiger partial charge is 0.230 e. The molecule has 0 aromatic carbocycles. The van der Waals surface area contributed by atoms with Crippen LogP contribution in [0.1, 0.15) is 24.8 Å². The van der Waals surface area contributed by atoms with Crippen LogP contribution in [0.4, 0.5) is 0 Å². The molecule has 4 rings (SSSR count). The molecule has 3 fully saturated rings. The van der Waals surface area contributed by atoms with Gasteiger partial charge in [0.1, 0.15) is 0 Å². The molecule has 0 saturated carbocycles. The van der Waals surface area contributed by atoms with Gasteiger partial charge in [0, 0.05) is 64.6 Å². The van der Waals surface area contributed by atoms with Crippen LogP contribution in [0.5, 0.6) is 0 Å². The second-order valence-electron chi connectivity index (χ2n) is 8.20. The molecule has 4 heterocycles. The molecule has 7 heteroatoms. The quantitative estimate of drug-likeness (QED) is 0.724. The summed E-state index contributed by atoms with van der Waals surface area (Å²) in [6.45, 7) is 7.29. The first-order chi connectivity index (χ1) is 13.7. The Balaban J connectivity index is 1.26. The molecule has 3 aliphatic heterocycles. The fraction of sp³-hybridized carbons (Fsp3) is 0.667. The van der Waals surface area contributed by atoms with Gasteiger partial charge in [0.15, 0.2) is 0 Å². The van der Waals surface area contributed by atoms with Gasteiger partial charge >= 0.3 is 0 Å². The van der Waals surface area contributed by atoms with E-state index in [4.69, 9.17) is 4.74 Å². The maximum atomic E-state index is 13.1. The molecule has 1 unspecified atom stereocenters. The Labute approximate surface area is 166 Å². The first-order valence-corrected chi connectivity index (χ1v) is 10.4. The summed E-state index contributed by atoms with van der Waals surface area (Å²) in [5.41, 5.74) is 0.741. The zero-order valence-electron chi connectivity index (χ0n) is 16.5. The Morgan fingerprint density at radius 1 is 1.14 bits per heavy atom. The van der Waals surface area contributed by atoms with Crippen molar-refractivity contribution < 1.29 is 14.3 Å². The van der Waals surface area contributed by atoms with Crippen LogP contribution in [0.2, 0.25) is 0 Å². The van der Waals surface area contributed by atoms with Crippen LogP contribution < -0.4 is 0 Å². The van der Waals surface area contributed by atoms with Gasteiger partial charge in [-0.25, -0.2) is 0 Å². The number of amides is 2. The Bertz CT molecular complexity index is 692. The number of hydrogen-bond donors (Lipinski definition) is 0. The molecule has 1 spiro atoms. The summed E-state index contributed by atoms with van der Waals surface area (Å²) < 4.78 is 5.39. The molecule has 1 aromatic rings. The molecule has 3 aliphatic rings. The Morgan fingerprint density at radius 2 is 1.96 bits per heavy atom. The van der Waals surface area contributed by atoms with Gasteiger partial charge in [-0.15, -0.1) is 0 Å². The Kier molecular flexibility index (Phi) is 5.92. The highest BCUT2D eigenvalue weighted by molar-refractivity contribution is 5.87. The molecule has 0 aliphatic carbocycles. The second kappa shape index (κ2) is 8.57. The van der Waals surface area contributed by atoms with E-state index in [2.05, 4.69) is 9.88 Å². The lowest BCUT2D eigenvalue weighted by molar-refractivity contribution is -0.136. The molecule has 0 radical (unpaired) electrons. The van der Waals surface area contributed by atoms with Crippen LogP contribution in [0, 0.1) is 5.41 Å². The van der Waals surface area contributed by atoms with E-state index >= 15 is 0 Å². The van der Waals surface area contributed by atoms with E-state index in [9.17, 15) is 9.59 Å². The lowest BCUT2D eigenvalue weighted by atomic mass is 9.85. The van der Waals surface area contributed by atoms with Gasteiger partial charge in [0.05, 0.1) is 18.6 Å². The third kappa shape index (κ3) is 4.20. The third-order valence-electron chi connectivity index (χ3n) is 6.45. The molecule has 3 saturated heterocycles. The molecule has 152 valence electrons. The summed E-state index contributed by atoms with van der Waals surface area (Å²) in [5.74, 6) is 0.406. The zero-order chi connectivity index (χ0) is 19.4. The molecular formula is C21H30N4O3. The number of hydrogen-bond acceptors (Lipinski definition) is 5. The highest BCUT2D eigenvalue weighted by Crippen LogP contribution is 2.40. The van der Waals surface area contributed by atoms with Crippen molar-refractivity contribution >= 4 is 11.8 Å². The molecule has 0 bridgehead atoms. The normalized spacial score (nSPS) is 25.8. The highest BCUT2D eigenvalue weighted by Gasteiger charge is 2.51. The monoisotopic (exact) mass is 386 g/mol. The molecule has 28 heavy (non-hydrogen) atoms. The summed E-state index contributed by atoms with van der Waals surface area (Å²) in [4.78, 5) is 36.1. The highest BCUT2D eigenvalue weighted by atomic mass is 16.5. The zero-order valence-corrected chi connectivity index (χ0v) is 16.5. The van der Waals surface area contributed by atoms with Crippen LogP contribution in [0.15, 0.2) is 24.5 Å². The predicted molar refractivity (Wildman–Crippen MR) is 105 cm³/mol. The van der Waals surface area contributed by atoms with Crippen LogP contribution in [-0.2, 0) is 20.7 Å². The largest absolute Gasteiger partial charge is 0.379 e. The molecule has 1 atom stereocenters. The minimum Gasteiger partial charge on any atom is -0.379 e. The molecular weight excluding hydrogens is 356 g/mol. The number of rotatable bonds is 6. The lowest BCUT2D eigenvalue weighted by Crippen LogP contribution is -2.43. The van der Waals surface area contributed by atoms with Gasteiger partial charge in [-0.1, -0.05) is 6.07 Å². The van der Waals surface area contributed by atoms with E-state index in [1.165, 1.54) is 0 Å². The number of aryl methyl sites for hydroxylation is 1. The number of carbonyl (C=O) groups excluding carboxylic acids is 2. The maximum Gasteiger partial charge on any atom is 0.230 e. The molecule has 7 nitrogen and oxygen atoms in total. The number of nitrogens with zero attached hydrogens (tertiary/aromatic N) is 4. The van der Waals surface area contributed by atoms with Crippen LogP contribution in [-0.4, -0.2) is 90.5 Å². The average molecular weight is 386 g/mol. The molecule has 0 N–H and O–H groups in total. The fourth-order valence-electron chi connectivity index (χ4n) is 4.61. The second-order valence-corrected chi connectivity index (χ2v) is 8.20. The minimum atomic E-state index is -0.338. The van der Waals surface area contributed by atoms with Crippen LogP contribution >= 0.6 is 0 Å². The van der Waals surface area contributed by atoms with E-state index in [1.54, 1.807) is 6.20 Å². The Morgan fingerprint density at radius 3 is 2.75 bits per heavy atom. The summed E-state index contributed by atoms with van der Waals surface area (Å²) in [6, 6.07) is 3.89. The van der Waals surface area contributed by atoms with Crippen molar-refractivity contribution in [2.24, 2.45) is 5.41 Å². The summed E-state index contributed by atoms with van der Waals surface area (Å²) in [5, 5.41) is 0. The summed E-state index contributed by atoms with van der Waals surface area (Å²) in [6.07, 6.45) is 6.42. The topological polar surface area (TPSA) is 66.0 Å². The maximum absolute atomic E-state index is 13.1. The van der Waals surface area contributed by atoms with Crippen LogP contribution in [0.25, 0.3) is 0 Å². The van der Waals surface area contributed by atoms with Gasteiger partial charge in [0.2, 0.25) is 11.8 Å². The third-order valence-corrected chi connectivity index (χ3v) is 6.45. The van der Waals surface area contributed by atoms with Gasteiger partial charge < -0.3 is 14.5 Å². The van der Waals surface area contributed by atoms with E-state index in [1.807, 2.05) is 28.1 Å². The van der Waals surface area contributed by atoms with Gasteiger partial charge in [-0.3, -0.25) is 19.5 Å². The van der Waals surface area contributed by atoms with Crippen molar-refractivity contribution in [1.82, 2.24) is 19.7 Å². The van der Waals surface area contributed by atoms with Crippen molar-refractivity contribution in [3.05, 3.63) is 30.1 Å². The number of pyridine rings is 1. The number of morpholine rings is 1. The van der Waals surface area contributed by atoms with Crippen molar-refractivity contribution in [3.63, 3.8) is 0 Å². The number of ether oxygens (including phenoxy) is 1. The van der Waals surface area contributed by atoms with Crippen LogP contribution in [0.3, 0.4) is 0 Å². The van der Waals surface area contributed by atoms with Gasteiger partial charge in [-0.2, -0.15) is 0 Å². The molecule has 1 aromatic heterocycles. The lowest BCUT2D eigenvalue weighted by Gasteiger charge is -2.29. The van der Waals surface area contributed by atoms with E-state index in [-0.39, 0.29) is 17.2 Å². The minimum absolute atomic E-state index is 0.153.